The second-order valence-electron chi connectivity index (χ2n) is 9.51. The lowest BCUT2D eigenvalue weighted by atomic mass is 9.97. The highest BCUT2D eigenvalue weighted by Crippen LogP contribution is 2.42. The first-order valence-electron chi connectivity index (χ1n) is 12.2. The number of para-hydroxylation sites is 2. The highest BCUT2D eigenvalue weighted by atomic mass is 35.5. The minimum Gasteiger partial charge on any atom is -0.326 e. The third kappa shape index (κ3) is 3.90. The molecular weight excluding hydrogens is 470 g/mol. The number of halogens is 1. The molecule has 2 heterocycles. The molecule has 1 aliphatic carbocycles. The smallest absolute Gasteiger partial charge is 0.256 e. The number of carbonyl (C=O) groups is 2. The average molecular weight is 496 g/mol. The number of aromatic nitrogens is 1. The van der Waals surface area contributed by atoms with Crippen molar-refractivity contribution in [1.82, 2.24) is 9.47 Å². The summed E-state index contributed by atoms with van der Waals surface area (Å²) < 4.78 is 2.15. The van der Waals surface area contributed by atoms with E-state index in [0.29, 0.717) is 10.6 Å². The molecule has 6 rings (SSSR count). The van der Waals surface area contributed by atoms with Crippen LogP contribution in [0.15, 0.2) is 91.1 Å². The van der Waals surface area contributed by atoms with Gasteiger partial charge in [0.05, 0.1) is 27.7 Å². The van der Waals surface area contributed by atoms with Gasteiger partial charge in [-0.25, -0.2) is 0 Å². The van der Waals surface area contributed by atoms with Crippen molar-refractivity contribution in [3.63, 3.8) is 0 Å². The summed E-state index contributed by atoms with van der Waals surface area (Å²) in [5.74, 6) is -0.315. The van der Waals surface area contributed by atoms with Gasteiger partial charge < -0.3 is 9.47 Å². The van der Waals surface area contributed by atoms with Crippen LogP contribution in [0.4, 0.5) is 5.69 Å². The van der Waals surface area contributed by atoms with Crippen molar-refractivity contribution in [1.29, 1.82) is 0 Å². The van der Waals surface area contributed by atoms with Crippen molar-refractivity contribution >= 4 is 29.1 Å². The zero-order valence-corrected chi connectivity index (χ0v) is 20.7. The monoisotopic (exact) mass is 495 g/mol. The number of benzene rings is 3. The average Bonchev–Trinajstić information content (AvgIpc) is 3.62. The van der Waals surface area contributed by atoms with E-state index in [1.165, 1.54) is 0 Å². The first-order valence-corrected chi connectivity index (χ1v) is 12.6. The Kier molecular flexibility index (Phi) is 5.65. The van der Waals surface area contributed by atoms with Crippen LogP contribution >= 0.6 is 11.6 Å². The maximum atomic E-state index is 14.2. The Bertz CT molecular complexity index is 1460. The van der Waals surface area contributed by atoms with Crippen molar-refractivity contribution < 1.29 is 9.59 Å². The molecule has 3 aromatic carbocycles. The van der Waals surface area contributed by atoms with Crippen LogP contribution in [0, 0.1) is 6.92 Å². The number of carbonyl (C=O) groups excluding carboxylic acids is 2. The molecule has 1 fully saturated rings. The van der Waals surface area contributed by atoms with Crippen LogP contribution in [0.3, 0.4) is 0 Å². The van der Waals surface area contributed by atoms with Gasteiger partial charge in [-0.1, -0.05) is 65.7 Å². The number of aryl methyl sites for hydroxylation is 1. The van der Waals surface area contributed by atoms with Crippen LogP contribution in [-0.2, 0) is 4.79 Å². The van der Waals surface area contributed by atoms with Gasteiger partial charge in [-0.3, -0.25) is 14.5 Å². The number of hydrogen-bond donors (Lipinski definition) is 0. The van der Waals surface area contributed by atoms with Crippen molar-refractivity contribution in [3.8, 4) is 5.69 Å². The molecule has 36 heavy (non-hydrogen) atoms. The maximum Gasteiger partial charge on any atom is 0.256 e. The van der Waals surface area contributed by atoms with E-state index in [2.05, 4.69) is 41.8 Å². The lowest BCUT2D eigenvalue weighted by molar-refractivity contribution is -0.119. The molecular formula is C30H26ClN3O2. The van der Waals surface area contributed by atoms with Crippen LogP contribution in [0.5, 0.6) is 0 Å². The van der Waals surface area contributed by atoms with Gasteiger partial charge in [-0.15, -0.1) is 0 Å². The molecule has 0 N–H and O–H groups in total. The minimum absolute atomic E-state index is 0.00781. The molecule has 1 aliphatic heterocycles. The molecule has 2 amide bonds. The number of nitrogens with zero attached hydrogens (tertiary/aromatic N) is 3. The molecule has 5 nitrogen and oxygen atoms in total. The summed E-state index contributed by atoms with van der Waals surface area (Å²) in [5, 5.41) is 0.402. The van der Waals surface area contributed by atoms with Crippen LogP contribution in [0.25, 0.3) is 5.69 Å². The summed E-state index contributed by atoms with van der Waals surface area (Å²) in [6.45, 7) is 2.05. The predicted molar refractivity (Wildman–Crippen MR) is 142 cm³/mol. The SMILES string of the molecule is Cc1ccc(C2c3cccn3-c3ccccc3N2C(=O)CN(C(=O)c2ccccc2Cl)C2CC2)cc1. The molecule has 180 valence electrons. The lowest BCUT2D eigenvalue weighted by Crippen LogP contribution is -2.47. The standard InChI is InChI=1S/C30H26ClN3O2/c1-20-12-14-21(15-13-20)29-27-11-6-18-32(27)25-9-4-5-10-26(25)34(29)28(35)19-33(22-16-17-22)30(36)23-7-2-3-8-24(23)31/h2-15,18,22,29H,16-17,19H2,1H3. The number of fused-ring (bicyclic) bond motifs is 3. The Morgan fingerprint density at radius 3 is 2.31 bits per heavy atom. The van der Waals surface area contributed by atoms with Gasteiger partial charge >= 0.3 is 0 Å². The van der Waals surface area contributed by atoms with E-state index in [1.807, 2.05) is 41.4 Å². The molecule has 1 unspecified atom stereocenters. The van der Waals surface area contributed by atoms with E-state index in [4.69, 9.17) is 11.6 Å². The van der Waals surface area contributed by atoms with E-state index < -0.39 is 0 Å². The van der Waals surface area contributed by atoms with E-state index in [9.17, 15) is 9.59 Å². The summed E-state index contributed by atoms with van der Waals surface area (Å²) in [5.41, 5.74) is 5.41. The van der Waals surface area contributed by atoms with Crippen molar-refractivity contribution in [2.24, 2.45) is 0 Å². The van der Waals surface area contributed by atoms with E-state index in [-0.39, 0.29) is 30.4 Å². The molecule has 1 aromatic heterocycles. The van der Waals surface area contributed by atoms with Crippen LogP contribution in [0.1, 0.15) is 46.1 Å². The van der Waals surface area contributed by atoms with Gasteiger partial charge in [0.2, 0.25) is 5.91 Å². The van der Waals surface area contributed by atoms with E-state index in [1.54, 1.807) is 29.2 Å². The zero-order chi connectivity index (χ0) is 24.8. The Balaban J connectivity index is 1.42. The number of hydrogen-bond acceptors (Lipinski definition) is 2. The molecule has 0 spiro atoms. The summed E-state index contributed by atoms with van der Waals surface area (Å²) in [6.07, 6.45) is 3.82. The normalized spacial score (nSPS) is 16.3. The molecule has 1 atom stereocenters. The fraction of sp³-hybridized carbons (Fsp3) is 0.200. The molecule has 0 bridgehead atoms. The predicted octanol–water partition coefficient (Wildman–Crippen LogP) is 6.18. The Morgan fingerprint density at radius 2 is 1.58 bits per heavy atom. The summed E-state index contributed by atoms with van der Waals surface area (Å²) in [4.78, 5) is 31.3. The maximum absolute atomic E-state index is 14.2. The van der Waals surface area contributed by atoms with Gasteiger partial charge in [-0.05, 0) is 61.7 Å². The number of amides is 2. The molecule has 0 radical (unpaired) electrons. The van der Waals surface area contributed by atoms with E-state index >= 15 is 0 Å². The molecule has 2 aliphatic rings. The number of rotatable bonds is 5. The molecule has 1 saturated carbocycles. The van der Waals surface area contributed by atoms with Crippen LogP contribution in [0.2, 0.25) is 5.02 Å². The second-order valence-corrected chi connectivity index (χ2v) is 9.92. The Hall–Kier alpha value is -3.83. The fourth-order valence-corrected chi connectivity index (χ4v) is 5.31. The quantitative estimate of drug-likeness (QED) is 0.332. The van der Waals surface area contributed by atoms with Gasteiger partial charge in [0.1, 0.15) is 12.6 Å². The third-order valence-corrected chi connectivity index (χ3v) is 7.37. The first-order chi connectivity index (χ1) is 17.5. The van der Waals surface area contributed by atoms with Gasteiger partial charge in [0.25, 0.3) is 5.91 Å². The highest BCUT2D eigenvalue weighted by Gasteiger charge is 2.40. The Labute approximate surface area is 215 Å². The lowest BCUT2D eigenvalue weighted by Gasteiger charge is -2.39. The zero-order valence-electron chi connectivity index (χ0n) is 20.0. The third-order valence-electron chi connectivity index (χ3n) is 7.04. The van der Waals surface area contributed by atoms with Gasteiger partial charge in [0, 0.05) is 12.2 Å². The summed E-state index contributed by atoms with van der Waals surface area (Å²) >= 11 is 6.35. The first kappa shape index (κ1) is 22.6. The van der Waals surface area contributed by atoms with Crippen LogP contribution in [-0.4, -0.2) is 33.9 Å². The van der Waals surface area contributed by atoms with Gasteiger partial charge in [0.15, 0.2) is 0 Å². The Morgan fingerprint density at radius 1 is 0.889 bits per heavy atom. The molecule has 4 aromatic rings. The fourth-order valence-electron chi connectivity index (χ4n) is 5.09. The van der Waals surface area contributed by atoms with Crippen molar-refractivity contribution in [3.05, 3.63) is 119 Å². The summed E-state index contributed by atoms with van der Waals surface area (Å²) in [7, 11) is 0. The van der Waals surface area contributed by atoms with Gasteiger partial charge in [-0.2, -0.15) is 0 Å². The topological polar surface area (TPSA) is 45.6 Å². The molecule has 6 heteroatoms. The second kappa shape index (κ2) is 8.99. The summed E-state index contributed by atoms with van der Waals surface area (Å²) in [6, 6.07) is 27.1. The van der Waals surface area contributed by atoms with Crippen molar-refractivity contribution in [2.45, 2.75) is 31.8 Å². The van der Waals surface area contributed by atoms with E-state index in [0.717, 1.165) is 41.0 Å². The largest absolute Gasteiger partial charge is 0.326 e. The highest BCUT2D eigenvalue weighted by molar-refractivity contribution is 6.33. The molecule has 0 saturated heterocycles. The minimum atomic E-state index is -0.306. The number of anilines is 1. The van der Waals surface area contributed by atoms with Crippen LogP contribution < -0.4 is 4.90 Å². The van der Waals surface area contributed by atoms with Crippen molar-refractivity contribution in [2.75, 3.05) is 11.4 Å².